The molecule has 1 heterocycles. The number of carbonyl (C=O) groups is 2. The van der Waals surface area contributed by atoms with Crippen molar-refractivity contribution in [1.82, 2.24) is 0 Å². The lowest BCUT2D eigenvalue weighted by Crippen LogP contribution is -2.13. The van der Waals surface area contributed by atoms with Gasteiger partial charge in [0.15, 0.2) is 5.78 Å². The van der Waals surface area contributed by atoms with E-state index in [0.29, 0.717) is 0 Å². The predicted octanol–water partition coefficient (Wildman–Crippen LogP) is 2.03. The fourth-order valence-electron chi connectivity index (χ4n) is 0.960. The van der Waals surface area contributed by atoms with Crippen molar-refractivity contribution in [3.8, 4) is 0 Å². The highest BCUT2D eigenvalue weighted by Crippen LogP contribution is 2.16. The quantitative estimate of drug-likeness (QED) is 0.273. The number of ketones is 1. The van der Waals surface area contributed by atoms with Gasteiger partial charge in [-0.2, -0.15) is 5.11 Å². The van der Waals surface area contributed by atoms with E-state index < -0.39 is 24.0 Å². The number of halogens is 1. The Morgan fingerprint density at radius 1 is 1.56 bits per heavy atom. The lowest BCUT2D eigenvalue weighted by molar-refractivity contribution is -0.142. The number of rotatable bonds is 6. The van der Waals surface area contributed by atoms with Gasteiger partial charge in [-0.25, -0.2) is 9.92 Å². The molecule has 0 aliphatic carbocycles. The van der Waals surface area contributed by atoms with Crippen molar-refractivity contribution >= 4 is 23.1 Å². The van der Waals surface area contributed by atoms with Crippen LogP contribution in [0.1, 0.15) is 16.1 Å². The topological polar surface area (TPSA) is 79.6 Å². The minimum Gasteiger partial charge on any atom is -0.463 e. The number of hydrogen-bond acceptors (Lipinski definition) is 6. The Balaban J connectivity index is 2.43. The van der Waals surface area contributed by atoms with Crippen LogP contribution >= 0.6 is 11.3 Å². The summed E-state index contributed by atoms with van der Waals surface area (Å²) in [4.78, 5) is 22.4. The second kappa shape index (κ2) is 6.06. The molecule has 0 saturated carbocycles. The van der Waals surface area contributed by atoms with E-state index in [1.807, 2.05) is 0 Å². The average molecular weight is 244 g/mol. The summed E-state index contributed by atoms with van der Waals surface area (Å²) in [7, 11) is 0. The van der Waals surface area contributed by atoms with Crippen molar-refractivity contribution in [2.24, 2.45) is 5.11 Å². The molecule has 0 atom stereocenters. The molecule has 0 aromatic carbocycles. The number of Topliss-reactive ketones (excluding diaryl/α,β-unsaturated/α-hetero) is 1. The zero-order chi connectivity index (χ0) is 12.0. The highest BCUT2D eigenvalue weighted by molar-refractivity contribution is 7.12. The molecule has 5 nitrogen and oxygen atoms in total. The van der Waals surface area contributed by atoms with E-state index in [2.05, 4.69) is 9.85 Å². The van der Waals surface area contributed by atoms with Crippen LogP contribution in [-0.2, 0) is 9.53 Å². The Hall–Kier alpha value is -1.63. The second-order valence-corrected chi connectivity index (χ2v) is 3.72. The molecule has 0 aliphatic rings. The Labute approximate surface area is 94.7 Å². The van der Waals surface area contributed by atoms with Gasteiger partial charge in [-0.15, -0.1) is 11.3 Å². The van der Waals surface area contributed by atoms with Gasteiger partial charge in [-0.3, -0.25) is 9.59 Å². The van der Waals surface area contributed by atoms with E-state index in [1.165, 1.54) is 11.4 Å². The summed E-state index contributed by atoms with van der Waals surface area (Å²) in [6.45, 7) is 0.0236. The molecule has 16 heavy (non-hydrogen) atoms. The van der Waals surface area contributed by atoms with Gasteiger partial charge in [0, 0.05) is 0 Å². The number of hydrogen-bond donors (Lipinski definition) is 1. The summed E-state index contributed by atoms with van der Waals surface area (Å²) in [6.07, 6.45) is -0.491. The summed E-state index contributed by atoms with van der Waals surface area (Å²) >= 11 is 0.947. The van der Waals surface area contributed by atoms with Crippen LogP contribution in [0.25, 0.3) is 0 Å². The van der Waals surface area contributed by atoms with E-state index in [4.69, 9.17) is 5.53 Å². The average Bonchev–Trinajstić information content (AvgIpc) is 2.65. The molecular weight excluding hydrogens is 235 g/mol. The van der Waals surface area contributed by atoms with Gasteiger partial charge in [-0.1, -0.05) is 0 Å². The smallest absolute Gasteiger partial charge is 0.313 e. The van der Waals surface area contributed by atoms with Gasteiger partial charge >= 0.3 is 5.97 Å². The normalized spacial score (nSPS) is 9.81. The van der Waals surface area contributed by atoms with Gasteiger partial charge < -0.3 is 4.74 Å². The van der Waals surface area contributed by atoms with Crippen molar-refractivity contribution in [3.63, 3.8) is 0 Å². The van der Waals surface area contributed by atoms with Crippen molar-refractivity contribution in [1.29, 1.82) is 5.53 Å². The van der Waals surface area contributed by atoms with Crippen LogP contribution in [0.4, 0.5) is 4.39 Å². The van der Waals surface area contributed by atoms with Crippen LogP contribution < -0.4 is 0 Å². The van der Waals surface area contributed by atoms with Crippen LogP contribution in [-0.4, -0.2) is 24.9 Å². The SMILES string of the molecule is N=NCCOC(=O)CC(=O)c1sccc1F. The first-order chi connectivity index (χ1) is 7.65. The molecule has 7 heteroatoms. The van der Waals surface area contributed by atoms with Gasteiger partial charge in [0.25, 0.3) is 0 Å². The molecule has 0 spiro atoms. The number of carbonyl (C=O) groups excluding carboxylic acids is 2. The lowest BCUT2D eigenvalue weighted by atomic mass is 10.2. The summed E-state index contributed by atoms with van der Waals surface area (Å²) in [5.74, 6) is -1.95. The van der Waals surface area contributed by atoms with Gasteiger partial charge in [-0.05, 0) is 11.4 Å². The third kappa shape index (κ3) is 3.50. The molecule has 0 aliphatic heterocycles. The van der Waals surface area contributed by atoms with Crippen LogP contribution in [0.3, 0.4) is 0 Å². The minimum absolute atomic E-state index is 0.0392. The number of nitrogens with zero attached hydrogens (tertiary/aromatic N) is 1. The monoisotopic (exact) mass is 244 g/mol. The second-order valence-electron chi connectivity index (χ2n) is 2.80. The fraction of sp³-hybridized carbons (Fsp3) is 0.333. The van der Waals surface area contributed by atoms with Crippen molar-refractivity contribution in [2.75, 3.05) is 13.2 Å². The number of esters is 1. The van der Waals surface area contributed by atoms with Crippen LogP contribution in [0.5, 0.6) is 0 Å². The maximum Gasteiger partial charge on any atom is 0.313 e. The standard InChI is InChI=1S/C9H9FN2O3S/c10-6-1-4-16-9(6)7(13)5-8(14)15-3-2-12-11/h1,4,11H,2-3,5H2. The molecule has 0 radical (unpaired) electrons. The molecule has 1 N–H and O–H groups in total. The molecule has 1 rings (SSSR count). The highest BCUT2D eigenvalue weighted by Gasteiger charge is 2.17. The van der Waals surface area contributed by atoms with Crippen LogP contribution in [0.15, 0.2) is 16.6 Å². The van der Waals surface area contributed by atoms with Gasteiger partial charge in [0.05, 0.1) is 6.54 Å². The lowest BCUT2D eigenvalue weighted by Gasteiger charge is -2.00. The number of ether oxygens (including phenoxy) is 1. The maximum atomic E-state index is 13.0. The zero-order valence-electron chi connectivity index (χ0n) is 8.23. The predicted molar refractivity (Wildman–Crippen MR) is 54.2 cm³/mol. The fourth-order valence-corrected chi connectivity index (χ4v) is 1.67. The molecule has 0 amide bonds. The molecular formula is C9H9FN2O3S. The molecule has 0 bridgehead atoms. The number of thiophene rings is 1. The molecule has 0 fully saturated rings. The van der Waals surface area contributed by atoms with Gasteiger partial charge in [0.1, 0.15) is 23.7 Å². The summed E-state index contributed by atoms with van der Waals surface area (Å²) in [5.41, 5.74) is 6.45. The Morgan fingerprint density at radius 2 is 2.31 bits per heavy atom. The zero-order valence-corrected chi connectivity index (χ0v) is 9.05. The van der Waals surface area contributed by atoms with Crippen LogP contribution in [0, 0.1) is 11.3 Å². The first-order valence-corrected chi connectivity index (χ1v) is 5.28. The largest absolute Gasteiger partial charge is 0.463 e. The highest BCUT2D eigenvalue weighted by atomic mass is 32.1. The molecule has 86 valence electrons. The van der Waals surface area contributed by atoms with Crippen molar-refractivity contribution in [2.45, 2.75) is 6.42 Å². The summed E-state index contributed by atoms with van der Waals surface area (Å²) in [6, 6.07) is 1.17. The molecule has 1 aromatic heterocycles. The van der Waals surface area contributed by atoms with E-state index in [0.717, 1.165) is 11.3 Å². The third-order valence-corrected chi connectivity index (χ3v) is 2.57. The summed E-state index contributed by atoms with van der Waals surface area (Å²) in [5, 5.41) is 4.42. The van der Waals surface area contributed by atoms with Crippen molar-refractivity contribution < 1.29 is 18.7 Å². The Kier molecular flexibility index (Phi) is 4.71. The Morgan fingerprint density at radius 3 is 2.88 bits per heavy atom. The molecule has 0 saturated heterocycles. The molecule has 0 unspecified atom stereocenters. The number of nitrogens with one attached hydrogen (secondary N) is 1. The first-order valence-electron chi connectivity index (χ1n) is 4.40. The third-order valence-electron chi connectivity index (χ3n) is 1.64. The molecule has 1 aromatic rings. The minimum atomic E-state index is -0.735. The van der Waals surface area contributed by atoms with E-state index >= 15 is 0 Å². The van der Waals surface area contributed by atoms with Crippen molar-refractivity contribution in [3.05, 3.63) is 22.1 Å². The maximum absolute atomic E-state index is 13.0. The van der Waals surface area contributed by atoms with E-state index in [-0.39, 0.29) is 18.0 Å². The summed E-state index contributed by atoms with van der Waals surface area (Å²) < 4.78 is 17.6. The van der Waals surface area contributed by atoms with E-state index in [9.17, 15) is 14.0 Å². The first kappa shape index (κ1) is 12.4. The van der Waals surface area contributed by atoms with Gasteiger partial charge in [0.2, 0.25) is 0 Å². The van der Waals surface area contributed by atoms with Crippen LogP contribution in [0.2, 0.25) is 0 Å². The van der Waals surface area contributed by atoms with E-state index in [1.54, 1.807) is 0 Å². The Bertz CT molecular complexity index is 405.